The first-order chi connectivity index (χ1) is 12.4. The Hall–Kier alpha value is -2.18. The average Bonchev–Trinajstić information content (AvgIpc) is 2.59. The molecule has 0 bridgehead atoms. The predicted octanol–water partition coefficient (Wildman–Crippen LogP) is 2.89. The number of aliphatic hydroxyl groups is 1. The molecule has 1 aliphatic rings. The summed E-state index contributed by atoms with van der Waals surface area (Å²) in [6.45, 7) is 4.95. The number of allylic oxidation sites excluding steroid dienone is 1. The van der Waals surface area contributed by atoms with Gasteiger partial charge in [-0.25, -0.2) is 4.79 Å². The highest BCUT2D eigenvalue weighted by Crippen LogP contribution is 2.40. The van der Waals surface area contributed by atoms with Crippen LogP contribution in [-0.2, 0) is 19.1 Å². The van der Waals surface area contributed by atoms with Gasteiger partial charge in [-0.3, -0.25) is 9.79 Å². The van der Waals surface area contributed by atoms with E-state index in [1.54, 1.807) is 45.0 Å². The van der Waals surface area contributed by atoms with Gasteiger partial charge in [0, 0.05) is 22.3 Å². The highest BCUT2D eigenvalue weighted by atomic mass is 35.5. The van der Waals surface area contributed by atoms with Crippen molar-refractivity contribution in [3.8, 4) is 0 Å². The number of esters is 2. The highest BCUT2D eigenvalue weighted by Gasteiger charge is 2.42. The molecule has 1 aliphatic heterocycles. The van der Waals surface area contributed by atoms with Crippen LogP contribution in [0.25, 0.3) is 0 Å². The summed E-state index contributed by atoms with van der Waals surface area (Å²) >= 11 is 6.12. The summed E-state index contributed by atoms with van der Waals surface area (Å²) in [5.41, 5.74) is 1.99. The van der Waals surface area contributed by atoms with Crippen LogP contribution < -0.4 is 0 Å². The van der Waals surface area contributed by atoms with E-state index >= 15 is 0 Å². The molecule has 26 heavy (non-hydrogen) atoms. The second kappa shape index (κ2) is 8.96. The third-order valence-electron chi connectivity index (χ3n) is 4.12. The number of nitrogens with zero attached hydrogens (tertiary/aromatic N) is 1. The normalized spacial score (nSPS) is 19.8. The third kappa shape index (κ3) is 4.31. The van der Waals surface area contributed by atoms with Crippen molar-refractivity contribution in [1.82, 2.24) is 0 Å². The fraction of sp³-hybridized carbons (Fsp3) is 0.421. The van der Waals surface area contributed by atoms with Crippen molar-refractivity contribution in [1.29, 1.82) is 0 Å². The summed E-state index contributed by atoms with van der Waals surface area (Å²) in [7, 11) is 0. The number of aliphatic imine (C=N–C) groups is 1. The third-order valence-corrected chi connectivity index (χ3v) is 4.36. The van der Waals surface area contributed by atoms with Gasteiger partial charge in [-0.2, -0.15) is 0 Å². The van der Waals surface area contributed by atoms with E-state index in [1.165, 1.54) is 0 Å². The van der Waals surface area contributed by atoms with Crippen molar-refractivity contribution in [3.05, 3.63) is 46.1 Å². The summed E-state index contributed by atoms with van der Waals surface area (Å²) in [5.74, 6) is -2.46. The van der Waals surface area contributed by atoms with Crippen molar-refractivity contribution in [3.63, 3.8) is 0 Å². The van der Waals surface area contributed by atoms with Crippen molar-refractivity contribution >= 4 is 29.3 Å². The van der Waals surface area contributed by atoms with E-state index in [-0.39, 0.29) is 25.4 Å². The van der Waals surface area contributed by atoms with Crippen molar-refractivity contribution in [2.24, 2.45) is 10.9 Å². The molecule has 0 radical (unpaired) electrons. The number of rotatable bonds is 6. The molecular weight excluding hydrogens is 358 g/mol. The molecule has 2 atom stereocenters. The molecule has 6 nitrogen and oxygen atoms in total. The first kappa shape index (κ1) is 20.1. The molecule has 1 aromatic rings. The first-order valence-corrected chi connectivity index (χ1v) is 8.74. The number of hydrogen-bond acceptors (Lipinski definition) is 6. The second-order valence-corrected chi connectivity index (χ2v) is 6.31. The molecule has 7 heteroatoms. The number of ether oxygens (including phenoxy) is 2. The van der Waals surface area contributed by atoms with Gasteiger partial charge >= 0.3 is 11.9 Å². The van der Waals surface area contributed by atoms with Crippen LogP contribution in [0, 0.1) is 5.92 Å². The first-order valence-electron chi connectivity index (χ1n) is 8.36. The van der Waals surface area contributed by atoms with Crippen LogP contribution in [0.3, 0.4) is 0 Å². The van der Waals surface area contributed by atoms with E-state index in [2.05, 4.69) is 4.99 Å². The quantitative estimate of drug-likeness (QED) is 0.768. The smallest absolute Gasteiger partial charge is 0.336 e. The lowest BCUT2D eigenvalue weighted by Crippen LogP contribution is -2.36. The van der Waals surface area contributed by atoms with Crippen molar-refractivity contribution in [2.45, 2.75) is 26.7 Å². The maximum Gasteiger partial charge on any atom is 0.336 e. The minimum Gasteiger partial charge on any atom is -0.465 e. The fourth-order valence-electron chi connectivity index (χ4n) is 3.12. The van der Waals surface area contributed by atoms with E-state index in [4.69, 9.17) is 26.2 Å². The molecule has 0 saturated carbocycles. The van der Waals surface area contributed by atoms with Crippen LogP contribution in [0.2, 0.25) is 5.02 Å². The molecule has 1 N–H and O–H groups in total. The number of hydrogen-bond donors (Lipinski definition) is 1. The molecule has 1 heterocycles. The molecule has 0 aliphatic carbocycles. The van der Waals surface area contributed by atoms with E-state index in [0.29, 0.717) is 22.0 Å². The van der Waals surface area contributed by atoms with E-state index in [0.717, 1.165) is 0 Å². The number of halogens is 1. The van der Waals surface area contributed by atoms with Crippen molar-refractivity contribution in [2.75, 3.05) is 19.8 Å². The largest absolute Gasteiger partial charge is 0.465 e. The summed E-state index contributed by atoms with van der Waals surface area (Å²) in [6, 6.07) is 6.99. The van der Waals surface area contributed by atoms with Crippen LogP contribution in [0.5, 0.6) is 0 Å². The Morgan fingerprint density at radius 2 is 2.00 bits per heavy atom. The van der Waals surface area contributed by atoms with Gasteiger partial charge in [0.25, 0.3) is 0 Å². The van der Waals surface area contributed by atoms with Gasteiger partial charge in [0.2, 0.25) is 0 Å². The Bertz CT molecular complexity index is 756. The van der Waals surface area contributed by atoms with Gasteiger partial charge in [-0.15, -0.1) is 0 Å². The Balaban J connectivity index is 2.58. The SMILES string of the molecule is CCOC(=O)C1C(C)=NC(C)=C(C(=O)OCCO)C1c1cccc(Cl)c1. The van der Waals surface area contributed by atoms with Crippen LogP contribution in [-0.4, -0.2) is 42.6 Å². The maximum absolute atomic E-state index is 12.6. The topological polar surface area (TPSA) is 85.2 Å². The monoisotopic (exact) mass is 379 g/mol. The van der Waals surface area contributed by atoms with Gasteiger partial charge < -0.3 is 14.6 Å². The number of benzene rings is 1. The standard InChI is InChI=1S/C19H22ClNO5/c1-4-25-18(23)15-11(2)21-12(3)16(19(24)26-9-8-22)17(15)13-6-5-7-14(20)10-13/h5-7,10,15,17,22H,4,8-9H2,1-3H3. The lowest BCUT2D eigenvalue weighted by molar-refractivity contribution is -0.146. The zero-order valence-electron chi connectivity index (χ0n) is 15.0. The molecule has 2 unspecified atom stereocenters. The second-order valence-electron chi connectivity index (χ2n) is 5.87. The molecule has 0 spiro atoms. The number of aliphatic hydroxyl groups excluding tert-OH is 1. The van der Waals surface area contributed by atoms with Crippen LogP contribution >= 0.6 is 11.6 Å². The predicted molar refractivity (Wildman–Crippen MR) is 98.2 cm³/mol. The van der Waals surface area contributed by atoms with Gasteiger partial charge in [-0.05, 0) is 38.5 Å². The Morgan fingerprint density at radius 1 is 1.27 bits per heavy atom. The van der Waals surface area contributed by atoms with Gasteiger partial charge in [0.15, 0.2) is 0 Å². The summed E-state index contributed by atoms with van der Waals surface area (Å²) in [4.78, 5) is 29.6. The maximum atomic E-state index is 12.6. The Morgan fingerprint density at radius 3 is 2.62 bits per heavy atom. The summed E-state index contributed by atoms with van der Waals surface area (Å²) < 4.78 is 10.3. The minimum absolute atomic E-state index is 0.134. The lowest BCUT2D eigenvalue weighted by atomic mass is 9.75. The lowest BCUT2D eigenvalue weighted by Gasteiger charge is -2.31. The van der Waals surface area contributed by atoms with Crippen molar-refractivity contribution < 1.29 is 24.2 Å². The molecular formula is C19H22ClNO5. The van der Waals surface area contributed by atoms with Gasteiger partial charge in [-0.1, -0.05) is 23.7 Å². The van der Waals surface area contributed by atoms with Crippen LogP contribution in [0.4, 0.5) is 0 Å². The highest BCUT2D eigenvalue weighted by molar-refractivity contribution is 6.30. The molecule has 2 rings (SSSR count). The van der Waals surface area contributed by atoms with Crippen LogP contribution in [0.15, 0.2) is 40.5 Å². The number of carbonyl (C=O) groups excluding carboxylic acids is 2. The van der Waals surface area contributed by atoms with E-state index in [1.807, 2.05) is 0 Å². The molecule has 0 aromatic heterocycles. The Labute approximate surface area is 157 Å². The minimum atomic E-state index is -0.756. The van der Waals surface area contributed by atoms with Crippen LogP contribution in [0.1, 0.15) is 32.3 Å². The van der Waals surface area contributed by atoms with Gasteiger partial charge in [0.05, 0.1) is 18.8 Å². The Kier molecular flexibility index (Phi) is 6.94. The van der Waals surface area contributed by atoms with E-state index < -0.39 is 23.8 Å². The fourth-order valence-corrected chi connectivity index (χ4v) is 3.31. The molecule has 1 aromatic carbocycles. The zero-order chi connectivity index (χ0) is 19.3. The van der Waals surface area contributed by atoms with E-state index in [9.17, 15) is 9.59 Å². The molecule has 0 saturated heterocycles. The van der Waals surface area contributed by atoms with Gasteiger partial charge in [0.1, 0.15) is 12.5 Å². The molecule has 140 valence electrons. The summed E-state index contributed by atoms with van der Waals surface area (Å²) in [6.07, 6.45) is 0. The molecule has 0 amide bonds. The average molecular weight is 380 g/mol. The molecule has 0 fully saturated rings. The summed E-state index contributed by atoms with van der Waals surface area (Å²) in [5, 5.41) is 9.43. The number of carbonyl (C=O) groups is 2. The zero-order valence-corrected chi connectivity index (χ0v) is 15.7.